The molecular weight excluding hydrogens is 272 g/mol. The number of hydrogen-bond acceptors (Lipinski definition) is 2. The van der Waals surface area contributed by atoms with Crippen LogP contribution in [0.1, 0.15) is 11.1 Å². The predicted molar refractivity (Wildman–Crippen MR) is 91.7 cm³/mol. The lowest BCUT2D eigenvalue weighted by Gasteiger charge is -2.15. The van der Waals surface area contributed by atoms with Gasteiger partial charge in [-0.2, -0.15) is 0 Å². The fraction of sp³-hybridized carbons (Fsp3) is 0.200. The quantitative estimate of drug-likeness (QED) is 0.563. The fourth-order valence-corrected chi connectivity index (χ4v) is 3.60. The summed E-state index contributed by atoms with van der Waals surface area (Å²) in [5.41, 5.74) is 2.38. The van der Waals surface area contributed by atoms with Crippen molar-refractivity contribution in [2.24, 2.45) is 0 Å². The summed E-state index contributed by atoms with van der Waals surface area (Å²) in [4.78, 5) is 0. The molecule has 0 saturated heterocycles. The van der Waals surface area contributed by atoms with E-state index in [0.29, 0.717) is 12.8 Å². The lowest BCUT2D eigenvalue weighted by atomic mass is 9.89. The van der Waals surface area contributed by atoms with E-state index in [1.54, 1.807) is 0 Å². The Kier molecular flexibility index (Phi) is 3.21. The minimum absolute atomic E-state index is 0.166. The molecule has 22 heavy (non-hydrogen) atoms. The van der Waals surface area contributed by atoms with E-state index in [0.717, 1.165) is 0 Å². The van der Waals surface area contributed by atoms with Gasteiger partial charge in [-0.05, 0) is 56.3 Å². The highest BCUT2D eigenvalue weighted by molar-refractivity contribution is 6.24. The van der Waals surface area contributed by atoms with E-state index in [4.69, 9.17) is 0 Å². The fourth-order valence-electron chi connectivity index (χ4n) is 3.60. The summed E-state index contributed by atoms with van der Waals surface area (Å²) in [5.74, 6) is 0. The molecule has 0 saturated carbocycles. The maximum absolute atomic E-state index is 9.30. The van der Waals surface area contributed by atoms with Gasteiger partial charge in [0, 0.05) is 13.2 Å². The van der Waals surface area contributed by atoms with Gasteiger partial charge < -0.3 is 10.2 Å². The first-order chi connectivity index (χ1) is 10.8. The molecule has 0 heterocycles. The van der Waals surface area contributed by atoms with Gasteiger partial charge in [0.2, 0.25) is 0 Å². The van der Waals surface area contributed by atoms with Crippen molar-refractivity contribution in [1.82, 2.24) is 0 Å². The highest BCUT2D eigenvalue weighted by Gasteiger charge is 2.12. The molecule has 0 bridgehead atoms. The average Bonchev–Trinajstić information content (AvgIpc) is 2.55. The van der Waals surface area contributed by atoms with Gasteiger partial charge >= 0.3 is 0 Å². The molecule has 0 aliphatic rings. The van der Waals surface area contributed by atoms with Crippen LogP contribution in [0, 0.1) is 0 Å². The predicted octanol–water partition coefficient (Wildman–Crippen LogP) is 3.65. The smallest absolute Gasteiger partial charge is 0.0471 e. The number of rotatable bonds is 4. The second-order valence-corrected chi connectivity index (χ2v) is 5.82. The second-order valence-electron chi connectivity index (χ2n) is 5.82. The van der Waals surface area contributed by atoms with Gasteiger partial charge in [0.25, 0.3) is 0 Å². The van der Waals surface area contributed by atoms with E-state index >= 15 is 0 Å². The van der Waals surface area contributed by atoms with Crippen LogP contribution in [-0.4, -0.2) is 23.4 Å². The third-order valence-electron chi connectivity index (χ3n) is 4.61. The molecule has 0 aliphatic heterocycles. The molecule has 0 atom stereocenters. The van der Waals surface area contributed by atoms with Crippen LogP contribution >= 0.6 is 0 Å². The minimum atomic E-state index is 0.166. The van der Waals surface area contributed by atoms with Crippen molar-refractivity contribution in [3.63, 3.8) is 0 Å². The number of benzene rings is 4. The lowest BCUT2D eigenvalue weighted by Crippen LogP contribution is -1.96. The zero-order chi connectivity index (χ0) is 15.1. The molecule has 0 unspecified atom stereocenters. The van der Waals surface area contributed by atoms with Gasteiger partial charge in [-0.3, -0.25) is 0 Å². The lowest BCUT2D eigenvalue weighted by molar-refractivity contribution is 0.299. The highest BCUT2D eigenvalue weighted by atomic mass is 16.3. The van der Waals surface area contributed by atoms with Gasteiger partial charge in [0.15, 0.2) is 0 Å². The van der Waals surface area contributed by atoms with Gasteiger partial charge in [0.05, 0.1) is 0 Å². The zero-order valence-electron chi connectivity index (χ0n) is 12.3. The molecule has 0 amide bonds. The maximum Gasteiger partial charge on any atom is 0.0471 e. The van der Waals surface area contributed by atoms with E-state index in [-0.39, 0.29) is 13.2 Å². The van der Waals surface area contributed by atoms with E-state index in [1.165, 1.54) is 43.4 Å². The van der Waals surface area contributed by atoms with Gasteiger partial charge in [0.1, 0.15) is 0 Å². The van der Waals surface area contributed by atoms with Crippen LogP contribution in [0.2, 0.25) is 0 Å². The van der Waals surface area contributed by atoms with Crippen LogP contribution in [0.25, 0.3) is 32.3 Å². The van der Waals surface area contributed by atoms with Crippen molar-refractivity contribution in [2.45, 2.75) is 12.8 Å². The maximum atomic E-state index is 9.30. The number of aliphatic hydroxyl groups is 2. The van der Waals surface area contributed by atoms with Crippen LogP contribution in [0.4, 0.5) is 0 Å². The Morgan fingerprint density at radius 3 is 1.36 bits per heavy atom. The Labute approximate surface area is 129 Å². The summed E-state index contributed by atoms with van der Waals surface area (Å²) < 4.78 is 0. The first-order valence-corrected chi connectivity index (χ1v) is 7.73. The Hall–Kier alpha value is -2.16. The van der Waals surface area contributed by atoms with Crippen molar-refractivity contribution in [2.75, 3.05) is 13.2 Å². The van der Waals surface area contributed by atoms with Gasteiger partial charge in [-0.15, -0.1) is 0 Å². The minimum Gasteiger partial charge on any atom is -0.396 e. The largest absolute Gasteiger partial charge is 0.396 e. The molecule has 2 heteroatoms. The SMILES string of the molecule is OCCc1ccc2ccc3c(CCO)ccc4ccc1c2c43. The second kappa shape index (κ2) is 5.24. The summed E-state index contributed by atoms with van der Waals surface area (Å²) in [6.07, 6.45) is 1.36. The zero-order valence-corrected chi connectivity index (χ0v) is 12.3. The molecule has 110 valence electrons. The van der Waals surface area contributed by atoms with Crippen molar-refractivity contribution in [1.29, 1.82) is 0 Å². The summed E-state index contributed by atoms with van der Waals surface area (Å²) in [6, 6.07) is 17.2. The Morgan fingerprint density at radius 2 is 0.955 bits per heavy atom. The van der Waals surface area contributed by atoms with E-state index in [9.17, 15) is 10.2 Å². The number of aliphatic hydroxyl groups excluding tert-OH is 2. The monoisotopic (exact) mass is 290 g/mol. The average molecular weight is 290 g/mol. The van der Waals surface area contributed by atoms with E-state index in [2.05, 4.69) is 48.5 Å². The van der Waals surface area contributed by atoms with Crippen molar-refractivity contribution in [3.05, 3.63) is 59.7 Å². The first-order valence-electron chi connectivity index (χ1n) is 7.73. The van der Waals surface area contributed by atoms with Crippen LogP contribution in [0.15, 0.2) is 48.5 Å². The summed E-state index contributed by atoms with van der Waals surface area (Å²) in [7, 11) is 0. The third kappa shape index (κ3) is 1.88. The van der Waals surface area contributed by atoms with Crippen LogP contribution < -0.4 is 0 Å². The van der Waals surface area contributed by atoms with Crippen molar-refractivity contribution < 1.29 is 10.2 Å². The van der Waals surface area contributed by atoms with Gasteiger partial charge in [-0.1, -0.05) is 48.5 Å². The molecule has 4 aromatic carbocycles. The Bertz CT molecular complexity index is 876. The van der Waals surface area contributed by atoms with E-state index < -0.39 is 0 Å². The standard InChI is InChI=1S/C20H18O2/c21-11-9-13-1-3-15-5-8-18-14(10-12-22)2-4-16-6-7-17(13)19(15)20(16)18/h1-8,21-22H,9-12H2. The molecule has 0 radical (unpaired) electrons. The third-order valence-corrected chi connectivity index (χ3v) is 4.61. The molecule has 0 aliphatic carbocycles. The van der Waals surface area contributed by atoms with Crippen LogP contribution in [0.5, 0.6) is 0 Å². The molecule has 0 fully saturated rings. The van der Waals surface area contributed by atoms with Crippen LogP contribution in [0.3, 0.4) is 0 Å². The molecule has 4 rings (SSSR count). The normalized spacial score (nSPS) is 11.9. The van der Waals surface area contributed by atoms with E-state index in [1.807, 2.05) is 0 Å². The highest BCUT2D eigenvalue weighted by Crippen LogP contribution is 2.37. The molecule has 2 nitrogen and oxygen atoms in total. The Morgan fingerprint density at radius 1 is 0.545 bits per heavy atom. The van der Waals surface area contributed by atoms with Gasteiger partial charge in [-0.25, -0.2) is 0 Å². The molecule has 4 aromatic rings. The summed E-state index contributed by atoms with van der Waals surface area (Å²) in [5, 5.41) is 26.1. The molecule has 2 N–H and O–H groups in total. The number of hydrogen-bond donors (Lipinski definition) is 2. The van der Waals surface area contributed by atoms with Crippen LogP contribution in [-0.2, 0) is 12.8 Å². The summed E-state index contributed by atoms with van der Waals surface area (Å²) in [6.45, 7) is 0.333. The Balaban J connectivity index is 2.17. The molecule has 0 aromatic heterocycles. The summed E-state index contributed by atoms with van der Waals surface area (Å²) >= 11 is 0. The topological polar surface area (TPSA) is 40.5 Å². The molecule has 0 spiro atoms. The first kappa shape index (κ1) is 13.5. The molecular formula is C20H18O2. The van der Waals surface area contributed by atoms with Crippen molar-refractivity contribution in [3.8, 4) is 0 Å². The van der Waals surface area contributed by atoms with Crippen molar-refractivity contribution >= 4 is 32.3 Å².